The van der Waals surface area contributed by atoms with Crippen LogP contribution in [0.15, 0.2) is 54.6 Å². The zero-order valence-corrected chi connectivity index (χ0v) is 17.2. The summed E-state index contributed by atoms with van der Waals surface area (Å²) in [5.74, 6) is 0.116. The van der Waals surface area contributed by atoms with E-state index < -0.39 is 5.54 Å². The number of nitrogens with one attached hydrogen (secondary N) is 1. The Balaban J connectivity index is 1.57. The Morgan fingerprint density at radius 2 is 1.80 bits per heavy atom. The van der Waals surface area contributed by atoms with Gasteiger partial charge in [0.1, 0.15) is 5.54 Å². The molecule has 0 bridgehead atoms. The molecule has 0 spiro atoms. The van der Waals surface area contributed by atoms with Crippen LogP contribution in [-0.2, 0) is 17.9 Å². The first-order chi connectivity index (χ1) is 14.6. The Morgan fingerprint density at radius 1 is 1.10 bits per heavy atom. The van der Waals surface area contributed by atoms with Crippen LogP contribution < -0.4 is 5.32 Å². The Kier molecular flexibility index (Phi) is 4.57. The molecule has 6 heteroatoms. The average molecular weight is 402 g/mol. The van der Waals surface area contributed by atoms with Gasteiger partial charge in [0, 0.05) is 12.6 Å². The minimum Gasteiger partial charge on any atom is -0.351 e. The molecule has 1 saturated carbocycles. The number of aromatic nitrogens is 2. The van der Waals surface area contributed by atoms with Gasteiger partial charge >= 0.3 is 0 Å². The molecule has 1 N–H and O–H groups in total. The summed E-state index contributed by atoms with van der Waals surface area (Å²) in [6.45, 7) is 2.65. The van der Waals surface area contributed by atoms with E-state index in [0.717, 1.165) is 42.3 Å². The highest BCUT2D eigenvalue weighted by molar-refractivity contribution is 6.01. The summed E-state index contributed by atoms with van der Waals surface area (Å²) in [5.41, 5.74) is 1.67. The summed E-state index contributed by atoms with van der Waals surface area (Å²) in [7, 11) is 0. The van der Waals surface area contributed by atoms with Gasteiger partial charge in [-0.25, -0.2) is 4.98 Å². The van der Waals surface area contributed by atoms with Crippen molar-refractivity contribution < 1.29 is 9.59 Å². The molecule has 0 radical (unpaired) electrons. The molecule has 3 aromatic rings. The van der Waals surface area contributed by atoms with Gasteiger partial charge in [0.15, 0.2) is 5.82 Å². The highest BCUT2D eigenvalue weighted by atomic mass is 16.2. The number of nitrogens with zero attached hydrogens (tertiary/aromatic N) is 3. The molecular formula is C24H26N4O2. The fourth-order valence-corrected chi connectivity index (χ4v) is 4.75. The van der Waals surface area contributed by atoms with Crippen LogP contribution in [0, 0.1) is 0 Å². The lowest BCUT2D eigenvalue weighted by atomic mass is 9.93. The zero-order chi connectivity index (χ0) is 20.7. The number of benzene rings is 2. The molecule has 2 aromatic carbocycles. The summed E-state index contributed by atoms with van der Waals surface area (Å²) in [6, 6.07) is 17.8. The van der Waals surface area contributed by atoms with Crippen molar-refractivity contribution >= 4 is 22.8 Å². The van der Waals surface area contributed by atoms with Gasteiger partial charge in [-0.15, -0.1) is 0 Å². The summed E-state index contributed by atoms with van der Waals surface area (Å²) in [5, 5.41) is 3.23. The van der Waals surface area contributed by atoms with Gasteiger partial charge in [-0.1, -0.05) is 55.3 Å². The monoisotopic (exact) mass is 402 g/mol. The van der Waals surface area contributed by atoms with Crippen LogP contribution in [0.4, 0.5) is 0 Å². The van der Waals surface area contributed by atoms with Crippen LogP contribution in [0.1, 0.15) is 48.8 Å². The molecule has 30 heavy (non-hydrogen) atoms. The average Bonchev–Trinajstić information content (AvgIpc) is 3.40. The highest BCUT2D eigenvalue weighted by Crippen LogP contribution is 2.32. The molecule has 6 nitrogen and oxygen atoms in total. The highest BCUT2D eigenvalue weighted by Gasteiger charge is 2.48. The second-order valence-corrected chi connectivity index (χ2v) is 8.62. The van der Waals surface area contributed by atoms with Crippen molar-refractivity contribution in [3.8, 4) is 0 Å². The number of carbonyl (C=O) groups excluding carboxylic acids is 2. The van der Waals surface area contributed by atoms with E-state index in [2.05, 4.69) is 10.3 Å². The van der Waals surface area contributed by atoms with Crippen molar-refractivity contribution in [1.82, 2.24) is 19.8 Å². The number of amides is 2. The maximum absolute atomic E-state index is 13.6. The Hall–Kier alpha value is -3.15. The molecule has 1 fully saturated rings. The topological polar surface area (TPSA) is 67.2 Å². The van der Waals surface area contributed by atoms with Gasteiger partial charge in [-0.05, 0) is 37.5 Å². The molecule has 1 unspecified atom stereocenters. The van der Waals surface area contributed by atoms with Crippen LogP contribution >= 0.6 is 0 Å². The number of fused-ring (bicyclic) bond motifs is 3. The quantitative estimate of drug-likeness (QED) is 0.726. The van der Waals surface area contributed by atoms with Gasteiger partial charge in [0.05, 0.1) is 17.6 Å². The largest absolute Gasteiger partial charge is 0.351 e. The van der Waals surface area contributed by atoms with Gasteiger partial charge < -0.3 is 14.8 Å². The first kappa shape index (κ1) is 18.9. The van der Waals surface area contributed by atoms with Crippen LogP contribution in [0.25, 0.3) is 11.0 Å². The molecule has 1 aliphatic heterocycles. The zero-order valence-electron chi connectivity index (χ0n) is 17.2. The van der Waals surface area contributed by atoms with Crippen molar-refractivity contribution in [2.75, 3.05) is 0 Å². The maximum Gasteiger partial charge on any atom is 0.291 e. The summed E-state index contributed by atoms with van der Waals surface area (Å²) >= 11 is 0. The molecule has 2 aliphatic rings. The van der Waals surface area contributed by atoms with E-state index in [1.807, 2.05) is 66.1 Å². The van der Waals surface area contributed by atoms with E-state index in [1.165, 1.54) is 0 Å². The van der Waals surface area contributed by atoms with Crippen LogP contribution in [0.3, 0.4) is 0 Å². The van der Waals surface area contributed by atoms with Crippen LogP contribution in [0.5, 0.6) is 0 Å². The number of carbonyl (C=O) groups is 2. The van der Waals surface area contributed by atoms with Crippen molar-refractivity contribution in [3.63, 3.8) is 0 Å². The number of hydrogen-bond donors (Lipinski definition) is 1. The molecule has 2 heterocycles. The van der Waals surface area contributed by atoms with Crippen molar-refractivity contribution in [3.05, 3.63) is 66.0 Å². The number of imidazole rings is 1. The molecule has 2 amide bonds. The van der Waals surface area contributed by atoms with Crippen LogP contribution in [-0.4, -0.2) is 37.8 Å². The second kappa shape index (κ2) is 7.27. The fourth-order valence-electron chi connectivity index (χ4n) is 4.75. The Labute approximate surface area is 175 Å². The third kappa shape index (κ3) is 3.07. The van der Waals surface area contributed by atoms with Gasteiger partial charge in [-0.3, -0.25) is 9.59 Å². The van der Waals surface area contributed by atoms with Crippen molar-refractivity contribution in [2.45, 2.75) is 57.3 Å². The second-order valence-electron chi connectivity index (χ2n) is 8.62. The van der Waals surface area contributed by atoms with Crippen molar-refractivity contribution in [2.24, 2.45) is 0 Å². The normalized spacial score (nSPS) is 21.8. The maximum atomic E-state index is 13.6. The van der Waals surface area contributed by atoms with E-state index in [9.17, 15) is 9.59 Å². The van der Waals surface area contributed by atoms with Gasteiger partial charge in [0.2, 0.25) is 5.91 Å². The minimum atomic E-state index is -0.994. The molecule has 1 aromatic heterocycles. The smallest absolute Gasteiger partial charge is 0.291 e. The molecule has 5 rings (SSSR count). The third-order valence-corrected chi connectivity index (χ3v) is 6.52. The van der Waals surface area contributed by atoms with Crippen molar-refractivity contribution in [1.29, 1.82) is 0 Å². The van der Waals surface area contributed by atoms with Gasteiger partial charge in [-0.2, -0.15) is 0 Å². The number of para-hydroxylation sites is 2. The number of rotatable bonds is 4. The standard InChI is InChI=1S/C24H26N4O2/c1-24(23(30)25-18-11-5-6-12-18)16-27-20-14-8-7-13-19(20)26-21(27)22(29)28(24)15-17-9-3-2-4-10-17/h2-4,7-10,13-14,18H,5-6,11-12,15-16H2,1H3,(H,25,30). The van der Waals surface area contributed by atoms with Gasteiger partial charge in [0.25, 0.3) is 5.91 Å². The minimum absolute atomic E-state index is 0.0814. The van der Waals surface area contributed by atoms with E-state index >= 15 is 0 Å². The molecule has 0 saturated heterocycles. The predicted molar refractivity (Wildman–Crippen MR) is 115 cm³/mol. The first-order valence-electron chi connectivity index (χ1n) is 10.7. The molecule has 154 valence electrons. The van der Waals surface area contributed by atoms with E-state index in [1.54, 1.807) is 4.90 Å². The lowest BCUT2D eigenvalue weighted by Crippen LogP contribution is -2.64. The Morgan fingerprint density at radius 3 is 2.57 bits per heavy atom. The third-order valence-electron chi connectivity index (χ3n) is 6.52. The fraction of sp³-hybridized carbons (Fsp3) is 0.375. The van der Waals surface area contributed by atoms with E-state index in [4.69, 9.17) is 0 Å². The number of hydrogen-bond acceptors (Lipinski definition) is 3. The lowest BCUT2D eigenvalue weighted by Gasteiger charge is -2.44. The van der Waals surface area contributed by atoms with E-state index in [-0.39, 0.29) is 17.9 Å². The SMILES string of the molecule is CC1(C(=O)NC2CCCC2)Cn2c(nc3ccccc32)C(=O)N1Cc1ccccc1. The Bertz CT molecular complexity index is 1100. The first-order valence-corrected chi connectivity index (χ1v) is 10.7. The predicted octanol–water partition coefficient (Wildman–Crippen LogP) is 3.51. The van der Waals surface area contributed by atoms with Crippen LogP contribution in [0.2, 0.25) is 0 Å². The summed E-state index contributed by atoms with van der Waals surface area (Å²) < 4.78 is 1.91. The molecular weight excluding hydrogens is 376 g/mol. The summed E-state index contributed by atoms with van der Waals surface area (Å²) in [4.78, 5) is 33.5. The van der Waals surface area contributed by atoms with E-state index in [0.29, 0.717) is 18.9 Å². The molecule has 1 atom stereocenters. The molecule has 1 aliphatic carbocycles. The lowest BCUT2D eigenvalue weighted by molar-refractivity contribution is -0.133. The summed E-state index contributed by atoms with van der Waals surface area (Å²) in [6.07, 6.45) is 4.30.